The Bertz CT molecular complexity index is 640. The summed E-state index contributed by atoms with van der Waals surface area (Å²) in [6, 6.07) is 9.64. The summed E-state index contributed by atoms with van der Waals surface area (Å²) in [6.07, 6.45) is 2.35. The van der Waals surface area contributed by atoms with E-state index in [2.05, 4.69) is 10.3 Å². The summed E-state index contributed by atoms with van der Waals surface area (Å²) in [5, 5.41) is 3.38. The molecule has 122 valence electrons. The molecule has 2 heterocycles. The minimum absolute atomic E-state index is 0.296. The normalized spacial score (nSPS) is 17.7. The second-order valence-corrected chi connectivity index (χ2v) is 5.84. The van der Waals surface area contributed by atoms with Gasteiger partial charge in [0.05, 0.1) is 6.61 Å². The van der Waals surface area contributed by atoms with Gasteiger partial charge in [0.15, 0.2) is 5.75 Å². The van der Waals surface area contributed by atoms with E-state index in [0.29, 0.717) is 29.9 Å². The number of hydrogen-bond donors (Lipinski definition) is 1. The van der Waals surface area contributed by atoms with Crippen LogP contribution in [0.15, 0.2) is 36.4 Å². The fraction of sp³-hybridized carbons (Fsp3) is 0.389. The molecule has 1 fully saturated rings. The predicted molar refractivity (Wildman–Crippen MR) is 86.5 cm³/mol. The number of pyridine rings is 1. The highest BCUT2D eigenvalue weighted by atomic mass is 19.1. The molecule has 3 rings (SSSR count). The van der Waals surface area contributed by atoms with E-state index >= 15 is 0 Å². The van der Waals surface area contributed by atoms with E-state index in [1.165, 1.54) is 25.0 Å². The second kappa shape index (κ2) is 7.42. The number of aromatic nitrogens is 1. The van der Waals surface area contributed by atoms with Crippen LogP contribution in [0.2, 0.25) is 0 Å². The lowest BCUT2D eigenvalue weighted by atomic mass is 10.0. The van der Waals surface area contributed by atoms with Gasteiger partial charge < -0.3 is 14.8 Å². The number of aryl methyl sites for hydroxylation is 1. The lowest BCUT2D eigenvalue weighted by Crippen LogP contribution is -2.33. The van der Waals surface area contributed by atoms with Crippen LogP contribution in [-0.2, 0) is 0 Å². The summed E-state index contributed by atoms with van der Waals surface area (Å²) in [5.74, 6) is 1.78. The first-order chi connectivity index (χ1) is 11.2. The zero-order valence-electron chi connectivity index (χ0n) is 13.2. The van der Waals surface area contributed by atoms with Crippen molar-refractivity contribution in [2.24, 2.45) is 5.92 Å². The average molecular weight is 316 g/mol. The van der Waals surface area contributed by atoms with Gasteiger partial charge >= 0.3 is 0 Å². The van der Waals surface area contributed by atoms with Crippen LogP contribution in [0.4, 0.5) is 4.39 Å². The third-order valence-electron chi connectivity index (χ3n) is 3.87. The molecule has 1 N–H and O–H groups in total. The fourth-order valence-corrected chi connectivity index (χ4v) is 2.59. The number of piperidine rings is 1. The zero-order valence-corrected chi connectivity index (χ0v) is 13.2. The Morgan fingerprint density at radius 1 is 1.22 bits per heavy atom. The van der Waals surface area contributed by atoms with E-state index in [4.69, 9.17) is 9.47 Å². The van der Waals surface area contributed by atoms with Crippen molar-refractivity contribution in [3.63, 3.8) is 0 Å². The molecule has 1 aromatic carbocycles. The van der Waals surface area contributed by atoms with E-state index in [1.807, 2.05) is 19.1 Å². The first-order valence-electron chi connectivity index (χ1n) is 7.95. The summed E-state index contributed by atoms with van der Waals surface area (Å²) in [5.41, 5.74) is 0.841. The molecule has 0 saturated carbocycles. The van der Waals surface area contributed by atoms with Gasteiger partial charge in [-0.05, 0) is 62.7 Å². The average Bonchev–Trinajstić information content (AvgIpc) is 2.57. The molecule has 1 unspecified atom stereocenters. The Balaban J connectivity index is 1.70. The van der Waals surface area contributed by atoms with Crippen LogP contribution in [0.25, 0.3) is 0 Å². The van der Waals surface area contributed by atoms with E-state index in [9.17, 15) is 4.39 Å². The van der Waals surface area contributed by atoms with Crippen molar-refractivity contribution in [3.8, 4) is 17.4 Å². The van der Waals surface area contributed by atoms with Crippen molar-refractivity contribution in [1.82, 2.24) is 10.3 Å². The Hall–Kier alpha value is -2.14. The first kappa shape index (κ1) is 15.7. The number of hydrogen-bond acceptors (Lipinski definition) is 4. The largest absolute Gasteiger partial charge is 0.488 e. The maximum absolute atomic E-state index is 13.0. The highest BCUT2D eigenvalue weighted by Crippen LogP contribution is 2.30. The summed E-state index contributed by atoms with van der Waals surface area (Å²) >= 11 is 0. The molecule has 0 radical (unpaired) electrons. The number of halogens is 1. The minimum atomic E-state index is -0.296. The molecule has 4 nitrogen and oxygen atoms in total. The highest BCUT2D eigenvalue weighted by molar-refractivity contribution is 5.38. The summed E-state index contributed by atoms with van der Waals surface area (Å²) < 4.78 is 24.7. The Morgan fingerprint density at radius 3 is 2.78 bits per heavy atom. The first-order valence-corrected chi connectivity index (χ1v) is 7.95. The third-order valence-corrected chi connectivity index (χ3v) is 3.87. The second-order valence-electron chi connectivity index (χ2n) is 5.84. The highest BCUT2D eigenvalue weighted by Gasteiger charge is 2.16. The Labute approximate surface area is 135 Å². The SMILES string of the molecule is Cc1ccc(OCC2CCCNC2)c(Oc2ccc(F)cc2)n1. The maximum Gasteiger partial charge on any atom is 0.262 e. The monoisotopic (exact) mass is 316 g/mol. The van der Waals surface area contributed by atoms with Crippen LogP contribution < -0.4 is 14.8 Å². The number of ether oxygens (including phenoxy) is 2. The molecule has 0 spiro atoms. The van der Waals surface area contributed by atoms with Gasteiger partial charge in [-0.1, -0.05) is 0 Å². The maximum atomic E-state index is 13.0. The predicted octanol–water partition coefficient (Wildman–Crippen LogP) is 3.70. The molecular weight excluding hydrogens is 295 g/mol. The van der Waals surface area contributed by atoms with Crippen molar-refractivity contribution in [2.75, 3.05) is 19.7 Å². The Kier molecular flexibility index (Phi) is 5.08. The van der Waals surface area contributed by atoms with Gasteiger partial charge in [0, 0.05) is 18.2 Å². The molecule has 1 saturated heterocycles. The smallest absolute Gasteiger partial charge is 0.262 e. The van der Waals surface area contributed by atoms with Crippen LogP contribution >= 0.6 is 0 Å². The molecular formula is C18H21FN2O2. The lowest BCUT2D eigenvalue weighted by Gasteiger charge is -2.23. The van der Waals surface area contributed by atoms with Crippen LogP contribution in [0.1, 0.15) is 18.5 Å². The molecule has 0 aliphatic carbocycles. The van der Waals surface area contributed by atoms with Gasteiger partial charge in [-0.15, -0.1) is 0 Å². The molecule has 0 amide bonds. The number of benzene rings is 1. The summed E-state index contributed by atoms with van der Waals surface area (Å²) in [7, 11) is 0. The van der Waals surface area contributed by atoms with E-state index in [1.54, 1.807) is 12.1 Å². The number of nitrogens with zero attached hydrogens (tertiary/aromatic N) is 1. The van der Waals surface area contributed by atoms with Gasteiger partial charge in [0.25, 0.3) is 5.88 Å². The van der Waals surface area contributed by atoms with Crippen LogP contribution in [0.5, 0.6) is 17.4 Å². The number of rotatable bonds is 5. The molecule has 1 aliphatic heterocycles. The zero-order chi connectivity index (χ0) is 16.1. The molecule has 1 atom stereocenters. The van der Waals surface area contributed by atoms with Crippen molar-refractivity contribution < 1.29 is 13.9 Å². The van der Waals surface area contributed by atoms with Gasteiger partial charge in [-0.2, -0.15) is 0 Å². The van der Waals surface area contributed by atoms with Crippen molar-refractivity contribution in [2.45, 2.75) is 19.8 Å². The quantitative estimate of drug-likeness (QED) is 0.913. The van der Waals surface area contributed by atoms with Crippen molar-refractivity contribution in [1.29, 1.82) is 0 Å². The fourth-order valence-electron chi connectivity index (χ4n) is 2.59. The van der Waals surface area contributed by atoms with Crippen molar-refractivity contribution >= 4 is 0 Å². The van der Waals surface area contributed by atoms with Crippen LogP contribution in [0.3, 0.4) is 0 Å². The van der Waals surface area contributed by atoms with Gasteiger partial charge in [0.2, 0.25) is 0 Å². The molecule has 5 heteroatoms. The topological polar surface area (TPSA) is 43.4 Å². The third kappa shape index (κ3) is 4.42. The molecule has 2 aromatic rings. The minimum Gasteiger partial charge on any atom is -0.488 e. The summed E-state index contributed by atoms with van der Waals surface area (Å²) in [6.45, 7) is 4.60. The number of nitrogens with one attached hydrogen (secondary N) is 1. The summed E-state index contributed by atoms with van der Waals surface area (Å²) in [4.78, 5) is 4.40. The standard InChI is InChI=1S/C18H21FN2O2/c1-13-4-9-17(22-12-14-3-2-10-20-11-14)18(21-13)23-16-7-5-15(19)6-8-16/h4-9,14,20H,2-3,10-12H2,1H3. The van der Waals surface area contributed by atoms with E-state index < -0.39 is 0 Å². The van der Waals surface area contributed by atoms with E-state index in [-0.39, 0.29) is 5.82 Å². The van der Waals surface area contributed by atoms with Crippen LogP contribution in [0, 0.1) is 18.7 Å². The van der Waals surface area contributed by atoms with Gasteiger partial charge in [-0.25, -0.2) is 9.37 Å². The molecule has 1 aliphatic rings. The van der Waals surface area contributed by atoms with E-state index in [0.717, 1.165) is 18.8 Å². The molecule has 0 bridgehead atoms. The molecule has 23 heavy (non-hydrogen) atoms. The van der Waals surface area contributed by atoms with Gasteiger partial charge in [-0.3, -0.25) is 0 Å². The van der Waals surface area contributed by atoms with Crippen molar-refractivity contribution in [3.05, 3.63) is 47.9 Å². The molecule has 1 aromatic heterocycles. The van der Waals surface area contributed by atoms with Crippen LogP contribution in [-0.4, -0.2) is 24.7 Å². The lowest BCUT2D eigenvalue weighted by molar-refractivity contribution is 0.211. The Morgan fingerprint density at radius 2 is 2.04 bits per heavy atom. The van der Waals surface area contributed by atoms with Gasteiger partial charge in [0.1, 0.15) is 11.6 Å².